The van der Waals surface area contributed by atoms with Gasteiger partial charge in [0, 0.05) is 36.4 Å². The molecule has 0 bridgehead atoms. The first kappa shape index (κ1) is 31.4. The molecule has 0 saturated heterocycles. The molecular formula is C36H41F2N3O4S. The zero-order chi connectivity index (χ0) is 32.6. The van der Waals surface area contributed by atoms with Gasteiger partial charge < -0.3 is 20.1 Å². The Balaban J connectivity index is 1.29. The number of hydrogen-bond donors (Lipinski definition) is 2. The first-order valence-corrected chi connectivity index (χ1v) is 17.2. The fourth-order valence-electron chi connectivity index (χ4n) is 10.4. The van der Waals surface area contributed by atoms with E-state index >= 15 is 0 Å². The second-order valence-electron chi connectivity index (χ2n) is 14.4. The topological polar surface area (TPSA) is 107 Å². The maximum absolute atomic E-state index is 14.7. The van der Waals surface area contributed by atoms with E-state index in [-0.39, 0.29) is 35.3 Å². The van der Waals surface area contributed by atoms with Crippen molar-refractivity contribution in [1.29, 1.82) is 0 Å². The normalized spacial score (nSPS) is 38.7. The first-order valence-electron chi connectivity index (χ1n) is 16.1. The van der Waals surface area contributed by atoms with Crippen LogP contribution in [0.3, 0.4) is 0 Å². The van der Waals surface area contributed by atoms with Crippen LogP contribution in [0, 0.1) is 39.8 Å². The van der Waals surface area contributed by atoms with E-state index in [1.807, 2.05) is 6.92 Å². The van der Waals surface area contributed by atoms with Gasteiger partial charge in [-0.1, -0.05) is 31.2 Å². The van der Waals surface area contributed by atoms with Crippen molar-refractivity contribution in [1.82, 2.24) is 4.57 Å². The van der Waals surface area contributed by atoms with E-state index in [9.17, 15) is 23.5 Å². The van der Waals surface area contributed by atoms with Gasteiger partial charge in [0.1, 0.15) is 28.7 Å². The summed E-state index contributed by atoms with van der Waals surface area (Å²) in [7, 11) is 1.75. The van der Waals surface area contributed by atoms with Crippen LogP contribution in [-0.4, -0.2) is 44.2 Å². The largest absolute Gasteiger partial charge is 0.450 e. The molecule has 1 spiro atoms. The number of hydrogen-bond acceptors (Lipinski definition) is 7. The third-order valence-corrected chi connectivity index (χ3v) is 13.4. The van der Waals surface area contributed by atoms with Crippen LogP contribution >= 0.6 is 11.8 Å². The molecule has 5 aliphatic carbocycles. The first-order chi connectivity index (χ1) is 21.9. The second-order valence-corrected chi connectivity index (χ2v) is 15.4. The fraction of sp³-hybridized carbons (Fsp3) is 0.528. The number of ketones is 1. The summed E-state index contributed by atoms with van der Waals surface area (Å²) in [5.74, 6) is -0.750. The maximum atomic E-state index is 14.7. The van der Waals surface area contributed by atoms with Crippen LogP contribution in [-0.2, 0) is 16.6 Å². The number of nitrogens with two attached hydrogens (primary N) is 1. The number of ether oxygens (including phenoxy) is 1. The number of nitrogens with zero attached hydrogens (tertiary/aromatic N) is 2. The molecule has 244 valence electrons. The van der Waals surface area contributed by atoms with Gasteiger partial charge in [-0.15, -0.1) is 0 Å². The SMILES string of the molecule is Cn1cccc1C(=O)O[C@]1(C(O)SCF)CCC2CC23C2CCC4=CC(=Nc5ccc(F)cc5)C(=CN)C[C@]4(C)C2C(=O)C[C@@]31C. The summed E-state index contributed by atoms with van der Waals surface area (Å²) < 4.78 is 35.5. The van der Waals surface area contributed by atoms with Crippen LogP contribution in [0.1, 0.15) is 69.3 Å². The van der Waals surface area contributed by atoms with Gasteiger partial charge in [-0.25, -0.2) is 18.6 Å². The number of carbonyl (C=O) groups is 2. The molecule has 4 saturated carbocycles. The van der Waals surface area contributed by atoms with E-state index in [2.05, 4.69) is 13.0 Å². The number of esters is 1. The van der Waals surface area contributed by atoms with Crippen molar-refractivity contribution < 1.29 is 28.2 Å². The second kappa shape index (κ2) is 10.9. The Morgan fingerprint density at radius 2 is 2.00 bits per heavy atom. The van der Waals surface area contributed by atoms with Gasteiger partial charge in [0.25, 0.3) is 0 Å². The average Bonchev–Trinajstić information content (AvgIpc) is 3.62. The van der Waals surface area contributed by atoms with E-state index in [1.54, 1.807) is 48.3 Å². The smallest absolute Gasteiger partial charge is 0.355 e. The number of aromatic nitrogens is 1. The van der Waals surface area contributed by atoms with Crippen molar-refractivity contribution >= 4 is 34.9 Å². The number of fused-ring (bicyclic) bond motifs is 3. The van der Waals surface area contributed by atoms with Crippen LogP contribution in [0.5, 0.6) is 0 Å². The van der Waals surface area contributed by atoms with Crippen LogP contribution in [0.25, 0.3) is 0 Å². The Bertz CT molecular complexity index is 1690. The zero-order valence-electron chi connectivity index (χ0n) is 26.5. The van der Waals surface area contributed by atoms with Gasteiger partial charge in [-0.05, 0) is 110 Å². The Kier molecular flexibility index (Phi) is 7.44. The van der Waals surface area contributed by atoms with Gasteiger partial charge in [0.2, 0.25) is 0 Å². The number of Topliss-reactive ketones (excluding diaryl/α,β-unsaturated/α-hetero) is 1. The number of aliphatic imine (C=N–C) groups is 1. The third-order valence-electron chi connectivity index (χ3n) is 12.6. The van der Waals surface area contributed by atoms with E-state index in [4.69, 9.17) is 15.5 Å². The predicted molar refractivity (Wildman–Crippen MR) is 173 cm³/mol. The molecule has 0 radical (unpaired) electrons. The number of aryl methyl sites for hydroxylation is 1. The van der Waals surface area contributed by atoms with Crippen molar-refractivity contribution in [3.8, 4) is 0 Å². The molecule has 7 rings (SSSR count). The zero-order valence-corrected chi connectivity index (χ0v) is 27.3. The van der Waals surface area contributed by atoms with E-state index in [1.165, 1.54) is 12.1 Å². The molecule has 46 heavy (non-hydrogen) atoms. The van der Waals surface area contributed by atoms with Crippen LogP contribution in [0.15, 0.2) is 71.0 Å². The number of alkyl halides is 1. The highest BCUT2D eigenvalue weighted by Crippen LogP contribution is 2.83. The number of thioether (sulfide) groups is 1. The highest BCUT2D eigenvalue weighted by Gasteiger charge is 2.82. The lowest BCUT2D eigenvalue weighted by molar-refractivity contribution is -0.219. The van der Waals surface area contributed by atoms with E-state index in [0.29, 0.717) is 30.1 Å². The Morgan fingerprint density at radius 1 is 1.24 bits per heavy atom. The molecule has 5 aliphatic rings. The van der Waals surface area contributed by atoms with Gasteiger partial charge in [-0.3, -0.25) is 4.79 Å². The molecule has 1 aromatic heterocycles. The fourth-order valence-corrected chi connectivity index (χ4v) is 11.2. The summed E-state index contributed by atoms with van der Waals surface area (Å²) in [6.45, 7) is 4.19. The van der Waals surface area contributed by atoms with Crippen molar-refractivity contribution in [3.05, 3.63) is 77.5 Å². The standard InChI is InChI=1S/C36H41F2N3O4S/c1-33-16-21(19-39)27(40-25-9-7-24(38)8-10-25)15-22(33)6-11-26-30(33)29(42)18-34(2)35(26)17-23(35)12-13-36(34,32(44)46-20-37)45-31(43)28-5-4-14-41(28)3/h4-5,7-10,14-15,19,23,26,30,32,44H,6,11-13,16-18,20,39H2,1-3H3/t23?,26?,30?,32?,33-,34-,35?,36-/m0/s1. The van der Waals surface area contributed by atoms with Crippen molar-refractivity contribution in [2.45, 2.75) is 69.8 Å². The number of allylic oxidation sites excluding steroid dienone is 3. The van der Waals surface area contributed by atoms with Crippen LogP contribution in [0.4, 0.5) is 14.5 Å². The summed E-state index contributed by atoms with van der Waals surface area (Å²) in [6.07, 6.45) is 9.62. The highest BCUT2D eigenvalue weighted by atomic mass is 32.2. The van der Waals surface area contributed by atoms with Gasteiger partial charge >= 0.3 is 5.97 Å². The predicted octanol–water partition coefficient (Wildman–Crippen LogP) is 6.80. The van der Waals surface area contributed by atoms with Gasteiger partial charge in [0.15, 0.2) is 5.60 Å². The molecule has 2 aromatic rings. The maximum Gasteiger partial charge on any atom is 0.355 e. The number of halogens is 2. The minimum Gasteiger partial charge on any atom is -0.450 e. The Morgan fingerprint density at radius 3 is 2.67 bits per heavy atom. The van der Waals surface area contributed by atoms with Crippen LogP contribution < -0.4 is 5.73 Å². The van der Waals surface area contributed by atoms with E-state index in [0.717, 1.165) is 54.3 Å². The highest BCUT2D eigenvalue weighted by molar-refractivity contribution is 7.99. The number of aliphatic hydroxyl groups excluding tert-OH is 1. The van der Waals surface area contributed by atoms with E-state index < -0.39 is 33.8 Å². The van der Waals surface area contributed by atoms with Crippen molar-refractivity contribution in [2.75, 3.05) is 6.01 Å². The quantitative estimate of drug-likeness (QED) is 0.264. The number of rotatable bonds is 6. The van der Waals surface area contributed by atoms with Crippen molar-refractivity contribution in [2.24, 2.45) is 51.8 Å². The molecule has 5 unspecified atom stereocenters. The Hall–Kier alpha value is -3.24. The van der Waals surface area contributed by atoms with Crippen LogP contribution in [0.2, 0.25) is 0 Å². The molecule has 8 atom stereocenters. The molecule has 7 nitrogen and oxygen atoms in total. The molecule has 0 aliphatic heterocycles. The monoisotopic (exact) mass is 649 g/mol. The summed E-state index contributed by atoms with van der Waals surface area (Å²) in [4.78, 5) is 33.2. The van der Waals surface area contributed by atoms with Crippen molar-refractivity contribution in [3.63, 3.8) is 0 Å². The minimum atomic E-state index is -1.43. The number of benzene rings is 1. The Labute approximate surface area is 272 Å². The summed E-state index contributed by atoms with van der Waals surface area (Å²) >= 11 is 0.734. The lowest BCUT2D eigenvalue weighted by atomic mass is 9.40. The average molecular weight is 650 g/mol. The molecular weight excluding hydrogens is 608 g/mol. The van der Waals surface area contributed by atoms with Gasteiger partial charge in [0.05, 0.1) is 11.4 Å². The summed E-state index contributed by atoms with van der Waals surface area (Å²) in [5, 5.41) is 11.7. The number of carbonyl (C=O) groups excluding carboxylic acids is 2. The molecule has 0 amide bonds. The summed E-state index contributed by atoms with van der Waals surface area (Å²) in [6, 6.07) is 8.61. The molecule has 10 heteroatoms. The summed E-state index contributed by atoms with van der Waals surface area (Å²) in [5.41, 5.74) is 5.43. The third kappa shape index (κ3) is 4.28. The lowest BCUT2D eigenvalue weighted by Crippen LogP contribution is -2.69. The molecule has 4 fully saturated rings. The number of aliphatic hydroxyl groups is 1. The minimum absolute atomic E-state index is 0.0106. The molecule has 1 aromatic carbocycles. The molecule has 1 heterocycles. The van der Waals surface area contributed by atoms with Gasteiger partial charge in [-0.2, -0.15) is 0 Å². The molecule has 3 N–H and O–H groups in total. The lowest BCUT2D eigenvalue weighted by Gasteiger charge is -2.65.